The second kappa shape index (κ2) is 4.65. The third-order valence-electron chi connectivity index (χ3n) is 2.02. The number of rotatable bonds is 3. The highest BCUT2D eigenvalue weighted by molar-refractivity contribution is 7.99. The lowest BCUT2D eigenvalue weighted by Gasteiger charge is -2.18. The van der Waals surface area contributed by atoms with Gasteiger partial charge in [0.1, 0.15) is 0 Å². The molecule has 0 fully saturated rings. The molecule has 75 valence electrons. The summed E-state index contributed by atoms with van der Waals surface area (Å²) in [7, 11) is 0. The minimum Gasteiger partial charge on any atom is -0.290 e. The van der Waals surface area contributed by atoms with E-state index in [4.69, 9.17) is 0 Å². The van der Waals surface area contributed by atoms with Crippen LogP contribution in [0.4, 0.5) is 0 Å². The highest BCUT2D eigenvalue weighted by Crippen LogP contribution is 2.25. The molecule has 2 heteroatoms. The highest BCUT2D eigenvalue weighted by Gasteiger charge is 2.12. The van der Waals surface area contributed by atoms with Crippen LogP contribution in [0.25, 0.3) is 0 Å². The van der Waals surface area contributed by atoms with E-state index in [2.05, 4.69) is 45.0 Å². The summed E-state index contributed by atoms with van der Waals surface area (Å²) in [6, 6.07) is 8.35. The van der Waals surface area contributed by atoms with Crippen molar-refractivity contribution in [3.05, 3.63) is 29.8 Å². The Morgan fingerprint density at radius 1 is 1.21 bits per heavy atom. The predicted octanol–water partition coefficient (Wildman–Crippen LogP) is 3.19. The largest absolute Gasteiger partial charge is 0.290 e. The van der Waals surface area contributed by atoms with Crippen LogP contribution in [0.15, 0.2) is 29.2 Å². The summed E-state index contributed by atoms with van der Waals surface area (Å²) in [5.41, 5.74) is 1.51. The fraction of sp³-hybridized carbons (Fsp3) is 0.417. The predicted molar refractivity (Wildman–Crippen MR) is 61.6 cm³/mol. The first kappa shape index (κ1) is 11.3. The monoisotopic (exact) mass is 207 g/mol. The quantitative estimate of drug-likeness (QED) is 0.708. The van der Waals surface area contributed by atoms with Crippen molar-refractivity contribution in [2.45, 2.75) is 31.1 Å². The zero-order valence-electron chi connectivity index (χ0n) is 8.83. The first-order valence-corrected chi connectivity index (χ1v) is 5.61. The lowest BCUT2D eigenvalue weighted by Crippen LogP contribution is -2.10. The standard InChI is InChI=1S/C12H15OS/c1-12(2,3)10-4-6-11(7-5-10)14-9-8-13/h4-7H,9H2,1-3H3. The Hall–Kier alpha value is -0.760. The zero-order chi connectivity index (χ0) is 10.6. The van der Waals surface area contributed by atoms with Crippen molar-refractivity contribution >= 4 is 18.0 Å². The molecule has 0 heterocycles. The summed E-state index contributed by atoms with van der Waals surface area (Å²) in [4.78, 5) is 11.2. The Morgan fingerprint density at radius 3 is 2.21 bits per heavy atom. The Bertz CT molecular complexity index is 295. The van der Waals surface area contributed by atoms with Crippen LogP contribution in [-0.2, 0) is 10.2 Å². The molecule has 0 amide bonds. The average Bonchev–Trinajstić information content (AvgIpc) is 2.14. The van der Waals surface area contributed by atoms with E-state index in [-0.39, 0.29) is 5.41 Å². The molecule has 0 N–H and O–H groups in total. The molecule has 0 aliphatic carbocycles. The molecule has 1 aromatic rings. The van der Waals surface area contributed by atoms with Gasteiger partial charge >= 0.3 is 0 Å². The van der Waals surface area contributed by atoms with Gasteiger partial charge in [0.25, 0.3) is 0 Å². The van der Waals surface area contributed by atoms with Gasteiger partial charge in [-0.05, 0) is 23.1 Å². The molecule has 0 saturated heterocycles. The first-order valence-electron chi connectivity index (χ1n) is 4.62. The van der Waals surface area contributed by atoms with Gasteiger partial charge in [-0.15, -0.1) is 11.8 Å². The van der Waals surface area contributed by atoms with Gasteiger partial charge in [0.15, 0.2) is 0 Å². The van der Waals surface area contributed by atoms with Gasteiger partial charge in [-0.2, -0.15) is 0 Å². The number of hydrogen-bond acceptors (Lipinski definition) is 2. The van der Waals surface area contributed by atoms with Gasteiger partial charge in [0.2, 0.25) is 6.29 Å². The third-order valence-corrected chi connectivity index (χ3v) is 2.89. The maximum Gasteiger partial charge on any atom is 0.209 e. The SMILES string of the molecule is CC(C)(C)c1ccc(SC[C]=O)cc1. The molecule has 0 aliphatic rings. The lowest BCUT2D eigenvalue weighted by molar-refractivity contribution is 0.560. The van der Waals surface area contributed by atoms with Crippen molar-refractivity contribution in [1.82, 2.24) is 0 Å². The number of thioether (sulfide) groups is 1. The molecular formula is C12H15OS. The molecule has 0 aromatic heterocycles. The lowest BCUT2D eigenvalue weighted by atomic mass is 9.87. The summed E-state index contributed by atoms with van der Waals surface area (Å²) in [6.07, 6.45) is 1.87. The average molecular weight is 207 g/mol. The van der Waals surface area contributed by atoms with Crippen LogP contribution in [-0.4, -0.2) is 12.0 Å². The van der Waals surface area contributed by atoms with Crippen LogP contribution in [0.3, 0.4) is 0 Å². The van der Waals surface area contributed by atoms with Crippen LogP contribution in [0, 0.1) is 0 Å². The van der Waals surface area contributed by atoms with Gasteiger partial charge in [-0.3, -0.25) is 4.79 Å². The number of carbonyl (C=O) groups excluding carboxylic acids is 1. The van der Waals surface area contributed by atoms with E-state index in [1.54, 1.807) is 0 Å². The van der Waals surface area contributed by atoms with Crippen LogP contribution in [0.2, 0.25) is 0 Å². The van der Waals surface area contributed by atoms with E-state index >= 15 is 0 Å². The molecule has 14 heavy (non-hydrogen) atoms. The fourth-order valence-corrected chi connectivity index (χ4v) is 1.72. The number of hydrogen-bond donors (Lipinski definition) is 0. The Morgan fingerprint density at radius 2 is 1.79 bits per heavy atom. The molecule has 0 saturated carbocycles. The van der Waals surface area contributed by atoms with Crippen molar-refractivity contribution in [1.29, 1.82) is 0 Å². The normalized spacial score (nSPS) is 11.4. The minimum atomic E-state index is 0.194. The molecule has 1 radical (unpaired) electrons. The van der Waals surface area contributed by atoms with Crippen molar-refractivity contribution < 1.29 is 4.79 Å². The molecule has 0 aliphatic heterocycles. The zero-order valence-corrected chi connectivity index (χ0v) is 9.65. The summed E-state index contributed by atoms with van der Waals surface area (Å²) < 4.78 is 0. The van der Waals surface area contributed by atoms with Crippen LogP contribution >= 0.6 is 11.8 Å². The van der Waals surface area contributed by atoms with Crippen molar-refractivity contribution in [3.8, 4) is 0 Å². The van der Waals surface area contributed by atoms with E-state index in [0.717, 1.165) is 4.90 Å². The Balaban J connectivity index is 2.73. The molecule has 1 nitrogen and oxygen atoms in total. The molecule has 0 bridgehead atoms. The fourth-order valence-electron chi connectivity index (χ4n) is 1.16. The maximum atomic E-state index is 10.1. The van der Waals surface area contributed by atoms with Gasteiger partial charge in [-0.25, -0.2) is 0 Å². The smallest absolute Gasteiger partial charge is 0.209 e. The summed E-state index contributed by atoms with van der Waals surface area (Å²) in [6.45, 7) is 6.57. The minimum absolute atomic E-state index is 0.194. The summed E-state index contributed by atoms with van der Waals surface area (Å²) in [5.74, 6) is 0.412. The van der Waals surface area contributed by atoms with Crippen molar-refractivity contribution in [2.24, 2.45) is 0 Å². The van der Waals surface area contributed by atoms with E-state index in [0.29, 0.717) is 5.75 Å². The first-order chi connectivity index (χ1) is 6.54. The van der Waals surface area contributed by atoms with Crippen LogP contribution < -0.4 is 0 Å². The maximum absolute atomic E-state index is 10.1. The van der Waals surface area contributed by atoms with Gasteiger partial charge in [0.05, 0.1) is 5.75 Å². The van der Waals surface area contributed by atoms with Crippen LogP contribution in [0.1, 0.15) is 26.3 Å². The summed E-state index contributed by atoms with van der Waals surface area (Å²) >= 11 is 1.52. The second-order valence-corrected chi connectivity index (χ2v) is 5.26. The van der Waals surface area contributed by atoms with Gasteiger partial charge < -0.3 is 0 Å². The molecule has 0 spiro atoms. The third kappa shape index (κ3) is 3.18. The van der Waals surface area contributed by atoms with Gasteiger partial charge in [-0.1, -0.05) is 32.9 Å². The van der Waals surface area contributed by atoms with E-state index < -0.39 is 0 Å². The van der Waals surface area contributed by atoms with Gasteiger partial charge in [0, 0.05) is 4.90 Å². The van der Waals surface area contributed by atoms with E-state index in [1.165, 1.54) is 17.3 Å². The molecule has 1 aromatic carbocycles. The highest BCUT2D eigenvalue weighted by atomic mass is 32.2. The molecular weight excluding hydrogens is 192 g/mol. The van der Waals surface area contributed by atoms with Crippen LogP contribution in [0.5, 0.6) is 0 Å². The Kier molecular flexibility index (Phi) is 3.76. The molecule has 1 rings (SSSR count). The van der Waals surface area contributed by atoms with E-state index in [1.807, 2.05) is 6.29 Å². The Labute approximate surface area is 89.9 Å². The van der Waals surface area contributed by atoms with Crippen molar-refractivity contribution in [3.63, 3.8) is 0 Å². The van der Waals surface area contributed by atoms with Crippen molar-refractivity contribution in [2.75, 3.05) is 5.75 Å². The topological polar surface area (TPSA) is 17.1 Å². The summed E-state index contributed by atoms with van der Waals surface area (Å²) in [5, 5.41) is 0. The molecule has 0 atom stereocenters. The molecule has 0 unspecified atom stereocenters. The number of benzene rings is 1. The second-order valence-electron chi connectivity index (χ2n) is 4.21. The van der Waals surface area contributed by atoms with E-state index in [9.17, 15) is 4.79 Å².